The molecule has 0 aromatic heterocycles. The summed E-state index contributed by atoms with van der Waals surface area (Å²) in [5.41, 5.74) is -0.279. The fourth-order valence-electron chi connectivity index (χ4n) is 1.69. The van der Waals surface area contributed by atoms with Crippen LogP contribution in [0.2, 0.25) is 0 Å². The van der Waals surface area contributed by atoms with Gasteiger partial charge in [-0.25, -0.2) is 4.79 Å². The molecule has 0 aliphatic heterocycles. The molecule has 0 saturated heterocycles. The number of aliphatic carboxylic acids is 1. The van der Waals surface area contributed by atoms with Crippen LogP contribution in [0.4, 0.5) is 5.69 Å². The zero-order chi connectivity index (χ0) is 16.0. The van der Waals surface area contributed by atoms with E-state index in [0.29, 0.717) is 0 Å². The Morgan fingerprint density at radius 1 is 1.52 bits per heavy atom. The van der Waals surface area contributed by atoms with Crippen molar-refractivity contribution in [3.8, 4) is 6.07 Å². The molecule has 1 aromatic carbocycles. The van der Waals surface area contributed by atoms with E-state index in [0.717, 1.165) is 6.07 Å². The van der Waals surface area contributed by atoms with Gasteiger partial charge in [0.15, 0.2) is 0 Å². The number of carbonyl (C=O) groups excluding carboxylic acids is 1. The van der Waals surface area contributed by atoms with Crippen molar-refractivity contribution in [3.05, 3.63) is 39.9 Å². The molecule has 0 fully saturated rings. The van der Waals surface area contributed by atoms with Crippen LogP contribution in [0, 0.1) is 27.4 Å². The lowest BCUT2D eigenvalue weighted by molar-refractivity contribution is -0.384. The maximum absolute atomic E-state index is 12.0. The van der Waals surface area contributed by atoms with E-state index in [2.05, 4.69) is 5.32 Å². The van der Waals surface area contributed by atoms with Gasteiger partial charge in [-0.2, -0.15) is 5.26 Å². The van der Waals surface area contributed by atoms with Crippen molar-refractivity contribution in [3.63, 3.8) is 0 Å². The SMILES string of the molecule is C[C@H](CC#N)[C@H](NC(=O)c1cccc([N+](=O)[O-])c1)C(=O)O. The molecule has 0 saturated carbocycles. The number of nitrogens with one attached hydrogen (secondary N) is 1. The molecule has 0 spiro atoms. The maximum Gasteiger partial charge on any atom is 0.326 e. The van der Waals surface area contributed by atoms with Crippen LogP contribution < -0.4 is 5.32 Å². The van der Waals surface area contributed by atoms with Crippen molar-refractivity contribution < 1.29 is 19.6 Å². The standard InChI is InChI=1S/C13H13N3O5/c1-8(5-6-14)11(13(18)19)15-12(17)9-3-2-4-10(7-9)16(20)21/h2-4,7-8,11H,5H2,1H3,(H,15,17)(H,18,19)/t8-,11+/m1/s1. The average Bonchev–Trinajstić information content (AvgIpc) is 2.44. The minimum absolute atomic E-state index is 0.0143. The van der Waals surface area contributed by atoms with Gasteiger partial charge in [0.25, 0.3) is 11.6 Å². The number of hydrogen-bond donors (Lipinski definition) is 2. The lowest BCUT2D eigenvalue weighted by atomic mass is 9.98. The molecule has 8 heteroatoms. The van der Waals surface area contributed by atoms with E-state index < -0.39 is 28.8 Å². The first-order valence-corrected chi connectivity index (χ1v) is 6.02. The highest BCUT2D eigenvalue weighted by molar-refractivity contribution is 5.97. The summed E-state index contributed by atoms with van der Waals surface area (Å²) in [6, 6.07) is 5.56. The molecule has 0 aliphatic carbocycles. The van der Waals surface area contributed by atoms with Crippen LogP contribution >= 0.6 is 0 Å². The zero-order valence-corrected chi connectivity index (χ0v) is 11.1. The summed E-state index contributed by atoms with van der Waals surface area (Å²) in [6.07, 6.45) is -0.0355. The molecule has 0 radical (unpaired) electrons. The predicted molar refractivity (Wildman–Crippen MR) is 71.4 cm³/mol. The molecule has 110 valence electrons. The van der Waals surface area contributed by atoms with Crippen LogP contribution in [-0.2, 0) is 4.79 Å². The molecular formula is C13H13N3O5. The van der Waals surface area contributed by atoms with E-state index in [1.807, 2.05) is 6.07 Å². The average molecular weight is 291 g/mol. The van der Waals surface area contributed by atoms with Crippen LogP contribution in [0.1, 0.15) is 23.7 Å². The van der Waals surface area contributed by atoms with Crippen LogP contribution in [0.5, 0.6) is 0 Å². The lowest BCUT2D eigenvalue weighted by Crippen LogP contribution is -2.45. The van der Waals surface area contributed by atoms with Gasteiger partial charge in [0.2, 0.25) is 0 Å². The van der Waals surface area contributed by atoms with Gasteiger partial charge in [-0.15, -0.1) is 0 Å². The highest BCUT2D eigenvalue weighted by atomic mass is 16.6. The number of carboxylic acid groups (broad SMARTS) is 1. The number of amides is 1. The Bertz CT molecular complexity index is 608. The molecule has 0 unspecified atom stereocenters. The van der Waals surface area contributed by atoms with E-state index in [1.165, 1.54) is 25.1 Å². The van der Waals surface area contributed by atoms with Gasteiger partial charge < -0.3 is 10.4 Å². The predicted octanol–water partition coefficient (Wildman–Crippen LogP) is 1.33. The van der Waals surface area contributed by atoms with Gasteiger partial charge >= 0.3 is 5.97 Å². The minimum Gasteiger partial charge on any atom is -0.480 e. The Hall–Kier alpha value is -2.95. The number of rotatable bonds is 6. The van der Waals surface area contributed by atoms with E-state index in [4.69, 9.17) is 10.4 Å². The van der Waals surface area contributed by atoms with Gasteiger partial charge in [0.1, 0.15) is 6.04 Å². The first kappa shape index (κ1) is 16.1. The third-order valence-electron chi connectivity index (χ3n) is 2.85. The Labute approximate surface area is 120 Å². The molecule has 2 N–H and O–H groups in total. The van der Waals surface area contributed by atoms with E-state index in [9.17, 15) is 19.7 Å². The van der Waals surface area contributed by atoms with Crippen LogP contribution in [0.3, 0.4) is 0 Å². The third kappa shape index (κ3) is 4.28. The summed E-state index contributed by atoms with van der Waals surface area (Å²) in [5, 5.41) is 30.6. The van der Waals surface area contributed by atoms with Gasteiger partial charge in [0, 0.05) is 30.0 Å². The quantitative estimate of drug-likeness (QED) is 0.599. The lowest BCUT2D eigenvalue weighted by Gasteiger charge is -2.19. The second kappa shape index (κ2) is 7.00. The second-order valence-corrected chi connectivity index (χ2v) is 4.44. The second-order valence-electron chi connectivity index (χ2n) is 4.44. The van der Waals surface area contributed by atoms with Crippen molar-refractivity contribution in [1.29, 1.82) is 5.26 Å². The topological polar surface area (TPSA) is 133 Å². The number of nitro groups is 1. The van der Waals surface area contributed by atoms with Crippen LogP contribution in [-0.4, -0.2) is 27.9 Å². The van der Waals surface area contributed by atoms with Gasteiger partial charge in [-0.1, -0.05) is 13.0 Å². The number of carboxylic acids is 1. The fraction of sp³-hybridized carbons (Fsp3) is 0.308. The summed E-state index contributed by atoms with van der Waals surface area (Å²) >= 11 is 0. The van der Waals surface area contributed by atoms with Crippen molar-refractivity contribution in [1.82, 2.24) is 5.32 Å². The Kier molecular flexibility index (Phi) is 5.37. The Morgan fingerprint density at radius 3 is 2.71 bits per heavy atom. The highest BCUT2D eigenvalue weighted by Gasteiger charge is 2.27. The normalized spacial score (nSPS) is 12.8. The summed E-state index contributed by atoms with van der Waals surface area (Å²) in [5.74, 6) is -2.59. The Balaban J connectivity index is 2.92. The first-order valence-electron chi connectivity index (χ1n) is 6.02. The van der Waals surface area contributed by atoms with E-state index in [1.54, 1.807) is 0 Å². The number of hydrogen-bond acceptors (Lipinski definition) is 5. The van der Waals surface area contributed by atoms with Crippen molar-refractivity contribution in [2.75, 3.05) is 0 Å². The van der Waals surface area contributed by atoms with Crippen LogP contribution in [0.15, 0.2) is 24.3 Å². The summed E-state index contributed by atoms with van der Waals surface area (Å²) < 4.78 is 0. The van der Waals surface area contributed by atoms with Crippen molar-refractivity contribution in [2.24, 2.45) is 5.92 Å². The van der Waals surface area contributed by atoms with E-state index in [-0.39, 0.29) is 17.7 Å². The Morgan fingerprint density at radius 2 is 2.19 bits per heavy atom. The summed E-state index contributed by atoms with van der Waals surface area (Å²) in [7, 11) is 0. The monoisotopic (exact) mass is 291 g/mol. The molecule has 21 heavy (non-hydrogen) atoms. The van der Waals surface area contributed by atoms with Crippen molar-refractivity contribution >= 4 is 17.6 Å². The molecule has 2 atom stereocenters. The summed E-state index contributed by atoms with van der Waals surface area (Å²) in [6.45, 7) is 1.52. The molecule has 0 aliphatic rings. The molecule has 1 amide bonds. The molecule has 1 rings (SSSR count). The molecule has 8 nitrogen and oxygen atoms in total. The highest BCUT2D eigenvalue weighted by Crippen LogP contribution is 2.14. The first-order chi connectivity index (χ1) is 9.86. The smallest absolute Gasteiger partial charge is 0.326 e. The van der Waals surface area contributed by atoms with Crippen LogP contribution in [0.25, 0.3) is 0 Å². The van der Waals surface area contributed by atoms with Crippen molar-refractivity contribution in [2.45, 2.75) is 19.4 Å². The van der Waals surface area contributed by atoms with Gasteiger partial charge in [-0.05, 0) is 6.07 Å². The van der Waals surface area contributed by atoms with Gasteiger partial charge in [0.05, 0.1) is 11.0 Å². The molecular weight excluding hydrogens is 278 g/mol. The number of non-ortho nitro benzene ring substituents is 1. The fourth-order valence-corrected chi connectivity index (χ4v) is 1.69. The maximum atomic E-state index is 12.0. The van der Waals surface area contributed by atoms with E-state index >= 15 is 0 Å². The molecule has 0 heterocycles. The molecule has 0 bridgehead atoms. The number of nitro benzene ring substituents is 1. The number of carbonyl (C=O) groups is 2. The largest absolute Gasteiger partial charge is 0.480 e. The molecule has 1 aromatic rings. The summed E-state index contributed by atoms with van der Waals surface area (Å²) in [4.78, 5) is 33.1. The van der Waals surface area contributed by atoms with Gasteiger partial charge in [-0.3, -0.25) is 14.9 Å². The zero-order valence-electron chi connectivity index (χ0n) is 11.1. The number of nitrogens with zero attached hydrogens (tertiary/aromatic N) is 2. The number of nitriles is 1. The minimum atomic E-state index is -1.27. The number of benzene rings is 1. The third-order valence-corrected chi connectivity index (χ3v) is 2.85.